The molecule has 2 aliphatic rings. The summed E-state index contributed by atoms with van der Waals surface area (Å²) in [5.74, 6) is -0.886. The van der Waals surface area contributed by atoms with Crippen molar-refractivity contribution < 1.29 is 23.4 Å². The zero-order valence-corrected chi connectivity index (χ0v) is 22.1. The molecule has 0 unspecified atom stereocenters. The van der Waals surface area contributed by atoms with Gasteiger partial charge in [0.05, 0.1) is 31.6 Å². The molecule has 1 N–H and O–H groups in total. The van der Waals surface area contributed by atoms with E-state index in [0.29, 0.717) is 38.7 Å². The van der Waals surface area contributed by atoms with Crippen molar-refractivity contribution in [1.29, 1.82) is 0 Å². The lowest BCUT2D eigenvalue weighted by Crippen LogP contribution is -2.57. The van der Waals surface area contributed by atoms with Gasteiger partial charge in [0, 0.05) is 69.6 Å². The second kappa shape index (κ2) is 12.3. The summed E-state index contributed by atoms with van der Waals surface area (Å²) in [6, 6.07) is 6.69. The number of pyridine rings is 1. The molecule has 0 spiro atoms. The topological polar surface area (TPSA) is 92.0 Å². The highest BCUT2D eigenvalue weighted by Crippen LogP contribution is 2.33. The quantitative estimate of drug-likeness (QED) is 0.411. The first kappa shape index (κ1) is 27.4. The number of ether oxygens (including phenoxy) is 2. The molecule has 0 saturated carbocycles. The standard InChI is InChI=1S/C27H35F2N7O3/c1-21(27(37,18-36-20-30-19-32-36)24-4-2-22(28)16-25(24)29)34-6-8-35(9-7-34)23-3-5-26(31-17-23)39-15-12-33-10-13-38-14-11-33/h2-5,16-17,19-21,37H,6-15,18H2,1H3/t21-,27-/m1/s1. The molecule has 2 fully saturated rings. The van der Waals surface area contributed by atoms with Crippen molar-refractivity contribution in [2.75, 3.05) is 70.5 Å². The minimum absolute atomic E-state index is 0.0200. The molecule has 5 rings (SSSR count). The van der Waals surface area contributed by atoms with Crippen LogP contribution in [-0.2, 0) is 16.9 Å². The molecule has 0 amide bonds. The van der Waals surface area contributed by atoms with Crippen LogP contribution in [0, 0.1) is 11.6 Å². The van der Waals surface area contributed by atoms with Crippen LogP contribution in [0.2, 0.25) is 0 Å². The van der Waals surface area contributed by atoms with E-state index in [2.05, 4.69) is 29.8 Å². The first-order chi connectivity index (χ1) is 18.9. The van der Waals surface area contributed by atoms with E-state index in [9.17, 15) is 13.9 Å². The number of hydrogen-bond acceptors (Lipinski definition) is 9. The number of aliphatic hydroxyl groups is 1. The summed E-state index contributed by atoms with van der Waals surface area (Å²) in [5, 5.41) is 16.0. The second-order valence-electron chi connectivity index (χ2n) is 10.00. The zero-order valence-electron chi connectivity index (χ0n) is 22.1. The van der Waals surface area contributed by atoms with E-state index >= 15 is 0 Å². The van der Waals surface area contributed by atoms with Gasteiger partial charge in [-0.2, -0.15) is 5.10 Å². The maximum Gasteiger partial charge on any atom is 0.213 e. The molecule has 210 valence electrons. The van der Waals surface area contributed by atoms with Crippen LogP contribution in [0.4, 0.5) is 14.5 Å². The predicted octanol–water partition coefficient (Wildman–Crippen LogP) is 1.76. The summed E-state index contributed by atoms with van der Waals surface area (Å²) in [6.07, 6.45) is 4.65. The Morgan fingerprint density at radius 2 is 1.87 bits per heavy atom. The first-order valence-corrected chi connectivity index (χ1v) is 13.3. The average Bonchev–Trinajstić information content (AvgIpc) is 3.46. The first-order valence-electron chi connectivity index (χ1n) is 13.3. The van der Waals surface area contributed by atoms with Crippen molar-refractivity contribution in [1.82, 2.24) is 29.5 Å². The SMILES string of the molecule is C[C@@H](N1CCN(c2ccc(OCCN3CCOCC3)nc2)CC1)[C@](O)(Cn1cncn1)c1ccc(F)cc1F. The number of piperazine rings is 1. The Labute approximate surface area is 226 Å². The molecule has 0 bridgehead atoms. The van der Waals surface area contributed by atoms with Crippen molar-refractivity contribution in [2.45, 2.75) is 25.1 Å². The Kier molecular flexibility index (Phi) is 8.66. The number of halogens is 2. The van der Waals surface area contributed by atoms with Gasteiger partial charge in [0.25, 0.3) is 0 Å². The molecule has 10 nitrogen and oxygen atoms in total. The van der Waals surface area contributed by atoms with E-state index in [1.807, 2.05) is 25.3 Å². The molecule has 4 heterocycles. The van der Waals surface area contributed by atoms with Crippen molar-refractivity contribution in [3.63, 3.8) is 0 Å². The summed E-state index contributed by atoms with van der Waals surface area (Å²) >= 11 is 0. The van der Waals surface area contributed by atoms with Crippen LogP contribution < -0.4 is 9.64 Å². The predicted molar refractivity (Wildman–Crippen MR) is 141 cm³/mol. The monoisotopic (exact) mass is 543 g/mol. The summed E-state index contributed by atoms with van der Waals surface area (Å²) in [4.78, 5) is 15.1. The number of nitrogens with zero attached hydrogens (tertiary/aromatic N) is 7. The number of morpholine rings is 1. The third-order valence-corrected chi connectivity index (χ3v) is 7.67. The van der Waals surface area contributed by atoms with Crippen LogP contribution in [0.5, 0.6) is 5.88 Å². The molecule has 12 heteroatoms. The van der Waals surface area contributed by atoms with Gasteiger partial charge in [0.2, 0.25) is 5.88 Å². The maximum atomic E-state index is 14.9. The minimum atomic E-state index is -1.66. The highest BCUT2D eigenvalue weighted by Gasteiger charge is 2.42. The number of rotatable bonds is 10. The average molecular weight is 544 g/mol. The fourth-order valence-corrected chi connectivity index (χ4v) is 5.26. The fraction of sp³-hybridized carbons (Fsp3) is 0.519. The molecule has 1 aromatic carbocycles. The van der Waals surface area contributed by atoms with E-state index in [1.165, 1.54) is 29.5 Å². The van der Waals surface area contributed by atoms with Crippen molar-refractivity contribution >= 4 is 5.69 Å². The third-order valence-electron chi connectivity index (χ3n) is 7.67. The molecule has 2 saturated heterocycles. The molecular weight excluding hydrogens is 508 g/mol. The Morgan fingerprint density at radius 1 is 1.08 bits per heavy atom. The summed E-state index contributed by atoms with van der Waals surface area (Å²) in [7, 11) is 0. The van der Waals surface area contributed by atoms with Crippen molar-refractivity contribution in [3.8, 4) is 5.88 Å². The van der Waals surface area contributed by atoms with E-state index in [-0.39, 0.29) is 12.1 Å². The normalized spacial score (nSPS) is 19.5. The van der Waals surface area contributed by atoms with Crippen LogP contribution in [0.15, 0.2) is 49.2 Å². The lowest BCUT2D eigenvalue weighted by atomic mass is 9.85. The zero-order chi connectivity index (χ0) is 27.2. The molecule has 2 aliphatic heterocycles. The molecule has 3 aromatic rings. The molecule has 39 heavy (non-hydrogen) atoms. The highest BCUT2D eigenvalue weighted by atomic mass is 19.1. The molecule has 0 radical (unpaired) electrons. The highest BCUT2D eigenvalue weighted by molar-refractivity contribution is 5.46. The van der Waals surface area contributed by atoms with Gasteiger partial charge in [-0.3, -0.25) is 9.80 Å². The van der Waals surface area contributed by atoms with Crippen molar-refractivity contribution in [2.24, 2.45) is 0 Å². The second-order valence-corrected chi connectivity index (χ2v) is 10.00. The molecule has 0 aliphatic carbocycles. The molecule has 2 atom stereocenters. The Balaban J connectivity index is 1.19. The van der Waals surface area contributed by atoms with Crippen LogP contribution in [-0.4, -0.2) is 106 Å². The lowest BCUT2D eigenvalue weighted by molar-refractivity contribution is -0.0650. The Hall–Kier alpha value is -3.19. The lowest BCUT2D eigenvalue weighted by Gasteiger charge is -2.45. The maximum absolute atomic E-state index is 14.9. The fourth-order valence-electron chi connectivity index (χ4n) is 5.26. The molecular formula is C27H35F2N7O3. The van der Waals surface area contributed by atoms with Crippen LogP contribution >= 0.6 is 0 Å². The van der Waals surface area contributed by atoms with Gasteiger partial charge in [-0.05, 0) is 19.1 Å². The van der Waals surface area contributed by atoms with Crippen LogP contribution in [0.25, 0.3) is 0 Å². The number of benzene rings is 1. The molecule has 2 aromatic heterocycles. The summed E-state index contributed by atoms with van der Waals surface area (Å²) in [6.45, 7) is 9.34. The van der Waals surface area contributed by atoms with Crippen LogP contribution in [0.1, 0.15) is 12.5 Å². The van der Waals surface area contributed by atoms with Gasteiger partial charge in [-0.1, -0.05) is 6.07 Å². The Morgan fingerprint density at radius 3 is 2.54 bits per heavy atom. The van der Waals surface area contributed by atoms with E-state index in [0.717, 1.165) is 44.6 Å². The number of aromatic nitrogens is 4. The third kappa shape index (κ3) is 6.52. The summed E-state index contributed by atoms with van der Waals surface area (Å²) < 4.78 is 41.2. The smallest absolute Gasteiger partial charge is 0.213 e. The van der Waals surface area contributed by atoms with Crippen molar-refractivity contribution in [3.05, 3.63) is 66.4 Å². The number of anilines is 1. The van der Waals surface area contributed by atoms with E-state index in [4.69, 9.17) is 9.47 Å². The Bertz CT molecular complexity index is 1190. The minimum Gasteiger partial charge on any atom is -0.476 e. The number of hydrogen-bond donors (Lipinski definition) is 1. The van der Waals surface area contributed by atoms with Gasteiger partial charge in [-0.15, -0.1) is 0 Å². The van der Waals surface area contributed by atoms with E-state index in [1.54, 1.807) is 0 Å². The van der Waals surface area contributed by atoms with E-state index < -0.39 is 23.3 Å². The van der Waals surface area contributed by atoms with Gasteiger partial charge in [0.15, 0.2) is 0 Å². The van der Waals surface area contributed by atoms with Gasteiger partial charge in [-0.25, -0.2) is 23.4 Å². The van der Waals surface area contributed by atoms with Gasteiger partial charge < -0.3 is 19.5 Å². The van der Waals surface area contributed by atoms with Gasteiger partial charge in [0.1, 0.15) is 36.5 Å². The largest absolute Gasteiger partial charge is 0.476 e. The van der Waals surface area contributed by atoms with Crippen LogP contribution in [0.3, 0.4) is 0 Å². The van der Waals surface area contributed by atoms with Gasteiger partial charge >= 0.3 is 0 Å². The summed E-state index contributed by atoms with van der Waals surface area (Å²) in [5.41, 5.74) is -0.636.